The Bertz CT molecular complexity index is 782. The first-order valence-electron chi connectivity index (χ1n) is 7.99. The number of aryl methyl sites for hydroxylation is 1. The summed E-state index contributed by atoms with van der Waals surface area (Å²) in [6, 6.07) is 9.44. The van der Waals surface area contributed by atoms with Gasteiger partial charge in [-0.3, -0.25) is 4.79 Å². The van der Waals surface area contributed by atoms with Crippen molar-refractivity contribution in [1.82, 2.24) is 4.57 Å². The van der Waals surface area contributed by atoms with Gasteiger partial charge in [0.05, 0.1) is 13.2 Å². The molecule has 1 aromatic heterocycles. The average molecular weight is 345 g/mol. The van der Waals surface area contributed by atoms with Crippen LogP contribution in [-0.2, 0) is 22.6 Å². The van der Waals surface area contributed by atoms with Crippen LogP contribution in [0.3, 0.4) is 0 Å². The van der Waals surface area contributed by atoms with E-state index in [-0.39, 0.29) is 29.6 Å². The summed E-state index contributed by atoms with van der Waals surface area (Å²) in [6.07, 6.45) is 1.48. The molecule has 6 nitrogen and oxygen atoms in total. The summed E-state index contributed by atoms with van der Waals surface area (Å²) < 4.78 is 17.5. The van der Waals surface area contributed by atoms with E-state index in [1.807, 2.05) is 37.3 Å². The standard InChI is InChI=1S/C19H23NO5/c1-13-10-20(11-14(2)23-3)16(19(22)24-4)18(17(13)21)25-12-15-8-6-5-7-9-15/h5-10,14H,11-12H2,1-4H3. The number of methoxy groups -OCH3 is 2. The molecule has 6 heteroatoms. The van der Waals surface area contributed by atoms with Crippen LogP contribution in [-0.4, -0.2) is 30.9 Å². The van der Waals surface area contributed by atoms with Gasteiger partial charge in [-0.25, -0.2) is 4.79 Å². The van der Waals surface area contributed by atoms with Crippen molar-refractivity contribution >= 4 is 5.97 Å². The predicted molar refractivity (Wildman–Crippen MR) is 94.0 cm³/mol. The molecule has 1 aromatic carbocycles. The van der Waals surface area contributed by atoms with Crippen molar-refractivity contribution in [2.75, 3.05) is 14.2 Å². The molecule has 0 fully saturated rings. The number of carbonyl (C=O) groups excluding carboxylic acids is 1. The van der Waals surface area contributed by atoms with Gasteiger partial charge in [-0.15, -0.1) is 0 Å². The van der Waals surface area contributed by atoms with Gasteiger partial charge < -0.3 is 18.8 Å². The molecule has 1 unspecified atom stereocenters. The molecule has 2 rings (SSSR count). The van der Waals surface area contributed by atoms with Crippen molar-refractivity contribution in [2.24, 2.45) is 0 Å². The first-order chi connectivity index (χ1) is 12.0. The zero-order valence-corrected chi connectivity index (χ0v) is 14.9. The van der Waals surface area contributed by atoms with Crippen LogP contribution in [0.25, 0.3) is 0 Å². The van der Waals surface area contributed by atoms with Crippen LogP contribution in [0, 0.1) is 6.92 Å². The Balaban J connectivity index is 2.47. The molecule has 0 bridgehead atoms. The van der Waals surface area contributed by atoms with Crippen molar-refractivity contribution < 1.29 is 19.0 Å². The minimum absolute atomic E-state index is 0.000920. The molecule has 0 spiro atoms. The maximum atomic E-state index is 12.6. The molecule has 0 saturated heterocycles. The lowest BCUT2D eigenvalue weighted by atomic mass is 10.2. The number of esters is 1. The summed E-state index contributed by atoms with van der Waals surface area (Å²) >= 11 is 0. The molecular formula is C19H23NO5. The number of nitrogens with zero attached hydrogens (tertiary/aromatic N) is 1. The summed E-state index contributed by atoms with van der Waals surface area (Å²) in [4.78, 5) is 24.9. The summed E-state index contributed by atoms with van der Waals surface area (Å²) in [5, 5.41) is 0. The maximum absolute atomic E-state index is 12.6. The fraction of sp³-hybridized carbons (Fsp3) is 0.368. The van der Waals surface area contributed by atoms with Crippen LogP contribution in [0.1, 0.15) is 28.5 Å². The number of hydrogen-bond donors (Lipinski definition) is 0. The van der Waals surface area contributed by atoms with E-state index in [0.29, 0.717) is 12.1 Å². The van der Waals surface area contributed by atoms with E-state index in [1.54, 1.807) is 24.8 Å². The number of pyridine rings is 1. The maximum Gasteiger partial charge on any atom is 0.358 e. The third-order valence-corrected chi connectivity index (χ3v) is 3.88. The predicted octanol–water partition coefficient (Wildman–Crippen LogP) is 2.56. The highest BCUT2D eigenvalue weighted by molar-refractivity contribution is 5.90. The summed E-state index contributed by atoms with van der Waals surface area (Å²) in [7, 11) is 2.86. The van der Waals surface area contributed by atoms with Gasteiger partial charge in [0.25, 0.3) is 0 Å². The monoisotopic (exact) mass is 345 g/mol. The number of aromatic nitrogens is 1. The zero-order chi connectivity index (χ0) is 18.4. The van der Waals surface area contributed by atoms with Crippen LogP contribution in [0.15, 0.2) is 41.3 Å². The van der Waals surface area contributed by atoms with Crippen LogP contribution in [0.5, 0.6) is 5.75 Å². The molecule has 0 radical (unpaired) electrons. The fourth-order valence-electron chi connectivity index (χ4n) is 2.44. The van der Waals surface area contributed by atoms with E-state index in [2.05, 4.69) is 0 Å². The number of rotatable bonds is 7. The largest absolute Gasteiger partial charge is 0.482 e. The summed E-state index contributed by atoms with van der Waals surface area (Å²) in [5.41, 5.74) is 1.16. The molecule has 0 aliphatic heterocycles. The topological polar surface area (TPSA) is 66.8 Å². The summed E-state index contributed by atoms with van der Waals surface area (Å²) in [6.45, 7) is 4.14. The normalized spacial score (nSPS) is 11.8. The first kappa shape index (κ1) is 18.7. The van der Waals surface area contributed by atoms with E-state index < -0.39 is 5.97 Å². The Morgan fingerprint density at radius 3 is 2.48 bits per heavy atom. The molecular weight excluding hydrogens is 322 g/mol. The van der Waals surface area contributed by atoms with Crippen molar-refractivity contribution in [3.8, 4) is 5.75 Å². The van der Waals surface area contributed by atoms with E-state index in [0.717, 1.165) is 5.56 Å². The highest BCUT2D eigenvalue weighted by Crippen LogP contribution is 2.19. The minimum atomic E-state index is -0.622. The summed E-state index contributed by atoms with van der Waals surface area (Å²) in [5.74, 6) is -0.623. The van der Waals surface area contributed by atoms with Gasteiger partial charge in [0.15, 0.2) is 11.4 Å². The van der Waals surface area contributed by atoms with Gasteiger partial charge in [-0.1, -0.05) is 30.3 Å². The lowest BCUT2D eigenvalue weighted by Crippen LogP contribution is -2.26. The molecule has 2 aromatic rings. The van der Waals surface area contributed by atoms with E-state index in [1.165, 1.54) is 7.11 Å². The quantitative estimate of drug-likeness (QED) is 0.722. The highest BCUT2D eigenvalue weighted by atomic mass is 16.5. The molecule has 0 aliphatic carbocycles. The van der Waals surface area contributed by atoms with Gasteiger partial charge >= 0.3 is 5.97 Å². The van der Waals surface area contributed by atoms with Crippen LogP contribution >= 0.6 is 0 Å². The average Bonchev–Trinajstić information content (AvgIpc) is 2.63. The molecule has 0 amide bonds. The number of carbonyl (C=O) groups is 1. The molecule has 0 aliphatic rings. The third-order valence-electron chi connectivity index (χ3n) is 3.88. The Labute approximate surface area is 147 Å². The van der Waals surface area contributed by atoms with Crippen LogP contribution in [0.2, 0.25) is 0 Å². The van der Waals surface area contributed by atoms with Crippen LogP contribution < -0.4 is 10.2 Å². The number of benzene rings is 1. The molecule has 1 heterocycles. The lowest BCUT2D eigenvalue weighted by Gasteiger charge is -2.19. The number of hydrogen-bond acceptors (Lipinski definition) is 5. The van der Waals surface area contributed by atoms with Gasteiger partial charge in [0.2, 0.25) is 5.43 Å². The molecule has 0 N–H and O–H groups in total. The number of ether oxygens (including phenoxy) is 3. The SMILES string of the molecule is COC(=O)c1c(OCc2ccccc2)c(=O)c(C)cn1CC(C)OC. The van der Waals surface area contributed by atoms with Crippen molar-refractivity contribution in [3.63, 3.8) is 0 Å². The minimum Gasteiger partial charge on any atom is -0.482 e. The van der Waals surface area contributed by atoms with E-state index >= 15 is 0 Å². The van der Waals surface area contributed by atoms with Crippen molar-refractivity contribution in [1.29, 1.82) is 0 Å². The lowest BCUT2D eigenvalue weighted by molar-refractivity contribution is 0.0568. The second-order valence-corrected chi connectivity index (χ2v) is 5.78. The van der Waals surface area contributed by atoms with Gasteiger partial charge in [-0.2, -0.15) is 0 Å². The van der Waals surface area contributed by atoms with Gasteiger partial charge in [0.1, 0.15) is 6.61 Å². The van der Waals surface area contributed by atoms with Crippen LogP contribution in [0.4, 0.5) is 0 Å². The van der Waals surface area contributed by atoms with Crippen molar-refractivity contribution in [2.45, 2.75) is 33.1 Å². The fourth-order valence-corrected chi connectivity index (χ4v) is 2.44. The Hall–Kier alpha value is -2.60. The molecule has 134 valence electrons. The Kier molecular flexibility index (Phi) is 6.36. The van der Waals surface area contributed by atoms with E-state index in [4.69, 9.17) is 14.2 Å². The zero-order valence-electron chi connectivity index (χ0n) is 14.9. The molecule has 0 saturated carbocycles. The molecule has 1 atom stereocenters. The van der Waals surface area contributed by atoms with E-state index in [9.17, 15) is 9.59 Å². The highest BCUT2D eigenvalue weighted by Gasteiger charge is 2.23. The first-order valence-corrected chi connectivity index (χ1v) is 7.99. The molecule has 25 heavy (non-hydrogen) atoms. The third kappa shape index (κ3) is 4.48. The smallest absolute Gasteiger partial charge is 0.358 e. The Morgan fingerprint density at radius 2 is 1.88 bits per heavy atom. The second kappa shape index (κ2) is 8.48. The Morgan fingerprint density at radius 1 is 1.20 bits per heavy atom. The van der Waals surface area contributed by atoms with Gasteiger partial charge in [0, 0.05) is 25.4 Å². The van der Waals surface area contributed by atoms with Gasteiger partial charge in [-0.05, 0) is 19.4 Å². The second-order valence-electron chi connectivity index (χ2n) is 5.78. The van der Waals surface area contributed by atoms with Crippen molar-refractivity contribution in [3.05, 3.63) is 63.6 Å².